The van der Waals surface area contributed by atoms with Crippen LogP contribution in [0.5, 0.6) is 0 Å². The number of aliphatic hydroxyl groups is 1. The molecular formula is C16H11ClF5NO2S. The summed E-state index contributed by atoms with van der Waals surface area (Å²) in [5.74, 6) is -3.71. The van der Waals surface area contributed by atoms with Crippen molar-refractivity contribution in [3.63, 3.8) is 0 Å². The van der Waals surface area contributed by atoms with Crippen molar-refractivity contribution < 1.29 is 31.9 Å². The Morgan fingerprint density at radius 1 is 1.08 bits per heavy atom. The van der Waals surface area contributed by atoms with Crippen molar-refractivity contribution in [3.8, 4) is 0 Å². The normalized spacial score (nSPS) is 14.0. The maximum absolute atomic E-state index is 13.2. The van der Waals surface area contributed by atoms with Crippen LogP contribution in [0.2, 0.25) is 5.02 Å². The average molecular weight is 412 g/mol. The second kappa shape index (κ2) is 7.42. The van der Waals surface area contributed by atoms with Gasteiger partial charge in [0, 0.05) is 9.79 Å². The molecule has 0 saturated carbocycles. The molecule has 1 atom stereocenters. The summed E-state index contributed by atoms with van der Waals surface area (Å²) in [5, 5.41) is 11.1. The maximum Gasteiger partial charge on any atom is 0.426 e. The molecule has 10 heteroatoms. The lowest BCUT2D eigenvalue weighted by Crippen LogP contribution is -2.52. The molecule has 0 saturated heterocycles. The van der Waals surface area contributed by atoms with Crippen LogP contribution in [0.1, 0.15) is 6.92 Å². The average Bonchev–Trinajstić information content (AvgIpc) is 2.52. The Labute approximate surface area is 154 Å². The number of carbonyl (C=O) groups is 1. The second-order valence-corrected chi connectivity index (χ2v) is 6.90. The van der Waals surface area contributed by atoms with Gasteiger partial charge in [-0.15, -0.1) is 0 Å². The van der Waals surface area contributed by atoms with Crippen molar-refractivity contribution in [2.75, 3.05) is 5.32 Å². The molecular weight excluding hydrogens is 401 g/mol. The molecule has 2 aromatic rings. The first-order valence-corrected chi connectivity index (χ1v) is 8.14. The van der Waals surface area contributed by atoms with Crippen molar-refractivity contribution in [2.45, 2.75) is 28.5 Å². The molecule has 0 aliphatic rings. The third-order valence-corrected chi connectivity index (χ3v) is 4.60. The molecule has 140 valence electrons. The van der Waals surface area contributed by atoms with E-state index in [1.54, 1.807) is 0 Å². The van der Waals surface area contributed by atoms with Gasteiger partial charge < -0.3 is 10.4 Å². The Balaban J connectivity index is 2.17. The number of hydrogen-bond donors (Lipinski definition) is 2. The summed E-state index contributed by atoms with van der Waals surface area (Å²) in [5.41, 5.74) is -3.73. The van der Waals surface area contributed by atoms with Gasteiger partial charge in [-0.05, 0) is 43.3 Å². The number of hydrogen-bond acceptors (Lipinski definition) is 3. The molecule has 2 rings (SSSR count). The molecule has 0 aromatic heterocycles. The highest BCUT2D eigenvalue weighted by Gasteiger charge is 2.55. The quantitative estimate of drug-likeness (QED) is 0.694. The van der Waals surface area contributed by atoms with Gasteiger partial charge in [-0.1, -0.05) is 23.4 Å². The van der Waals surface area contributed by atoms with E-state index in [-0.39, 0.29) is 10.7 Å². The number of carbonyl (C=O) groups excluding carboxylic acids is 1. The minimum Gasteiger partial charge on any atom is -0.373 e. The summed E-state index contributed by atoms with van der Waals surface area (Å²) >= 11 is 6.96. The first-order chi connectivity index (χ1) is 11.9. The lowest BCUT2D eigenvalue weighted by atomic mass is 10.1. The molecule has 3 nitrogen and oxygen atoms in total. The molecule has 1 unspecified atom stereocenters. The zero-order valence-corrected chi connectivity index (χ0v) is 14.6. The summed E-state index contributed by atoms with van der Waals surface area (Å²) in [4.78, 5) is 12.5. The molecule has 0 fully saturated rings. The molecule has 0 aliphatic heterocycles. The van der Waals surface area contributed by atoms with Gasteiger partial charge in [0.1, 0.15) is 0 Å². The smallest absolute Gasteiger partial charge is 0.373 e. The number of benzene rings is 2. The van der Waals surface area contributed by atoms with Crippen molar-refractivity contribution in [3.05, 3.63) is 53.1 Å². The van der Waals surface area contributed by atoms with E-state index in [1.807, 2.05) is 5.32 Å². The number of amides is 1. The lowest BCUT2D eigenvalue weighted by Gasteiger charge is -2.25. The van der Waals surface area contributed by atoms with Crippen LogP contribution in [0, 0.1) is 11.6 Å². The van der Waals surface area contributed by atoms with E-state index < -0.39 is 29.3 Å². The van der Waals surface area contributed by atoms with E-state index in [1.165, 1.54) is 24.3 Å². The molecule has 0 heterocycles. The fourth-order valence-electron chi connectivity index (χ4n) is 1.71. The minimum absolute atomic E-state index is 0.0936. The third kappa shape index (κ3) is 4.46. The maximum atomic E-state index is 13.2. The Kier molecular flexibility index (Phi) is 5.84. The largest absolute Gasteiger partial charge is 0.426 e. The van der Waals surface area contributed by atoms with Crippen molar-refractivity contribution in [1.29, 1.82) is 0 Å². The van der Waals surface area contributed by atoms with Gasteiger partial charge in [0.2, 0.25) is 5.60 Å². The predicted octanol–water partition coefficient (Wildman–Crippen LogP) is 5.02. The highest BCUT2D eigenvalue weighted by Crippen LogP contribution is 2.35. The van der Waals surface area contributed by atoms with Crippen LogP contribution in [0.3, 0.4) is 0 Å². The van der Waals surface area contributed by atoms with Crippen LogP contribution >= 0.6 is 23.4 Å². The first kappa shape index (κ1) is 20.5. The fourth-order valence-corrected chi connectivity index (χ4v) is 2.89. The van der Waals surface area contributed by atoms with Gasteiger partial charge >= 0.3 is 6.18 Å². The highest BCUT2D eigenvalue weighted by atomic mass is 35.5. The summed E-state index contributed by atoms with van der Waals surface area (Å²) in [6.45, 7) is 0.323. The molecule has 2 aromatic carbocycles. The SMILES string of the molecule is CC(O)(C(=O)Nc1ccc(Sc2ccc(F)c(F)c2)cc1Cl)C(F)(F)F. The molecule has 0 bridgehead atoms. The Morgan fingerprint density at radius 3 is 2.19 bits per heavy atom. The van der Waals surface area contributed by atoms with Crippen LogP contribution < -0.4 is 5.32 Å². The molecule has 26 heavy (non-hydrogen) atoms. The Morgan fingerprint density at radius 2 is 1.65 bits per heavy atom. The van der Waals surface area contributed by atoms with E-state index in [4.69, 9.17) is 11.6 Å². The molecule has 0 spiro atoms. The van der Waals surface area contributed by atoms with E-state index in [0.717, 1.165) is 23.9 Å². The van der Waals surface area contributed by atoms with Crippen LogP contribution in [-0.2, 0) is 4.79 Å². The summed E-state index contributed by atoms with van der Waals surface area (Å²) in [6, 6.07) is 7.24. The van der Waals surface area contributed by atoms with Gasteiger partial charge in [-0.3, -0.25) is 4.79 Å². The first-order valence-electron chi connectivity index (χ1n) is 6.95. The minimum atomic E-state index is -5.16. The lowest BCUT2D eigenvalue weighted by molar-refractivity contribution is -0.242. The summed E-state index contributed by atoms with van der Waals surface area (Å²) in [6.07, 6.45) is -5.16. The molecule has 0 radical (unpaired) electrons. The van der Waals surface area contributed by atoms with Crippen LogP contribution in [-0.4, -0.2) is 22.8 Å². The third-order valence-electron chi connectivity index (χ3n) is 3.31. The van der Waals surface area contributed by atoms with Crippen molar-refractivity contribution in [1.82, 2.24) is 0 Å². The number of rotatable bonds is 4. The number of alkyl halides is 3. The van der Waals surface area contributed by atoms with E-state index >= 15 is 0 Å². The summed E-state index contributed by atoms with van der Waals surface area (Å²) in [7, 11) is 0. The van der Waals surface area contributed by atoms with Gasteiger partial charge in [-0.25, -0.2) is 8.78 Å². The van der Waals surface area contributed by atoms with Gasteiger partial charge in [0.05, 0.1) is 10.7 Å². The standard InChI is InChI=1S/C16H11ClF5NO2S/c1-15(25,16(20,21)22)14(24)23-13-5-3-8(6-10(13)17)26-9-2-4-11(18)12(19)7-9/h2-7,25H,1H3,(H,23,24). The Hall–Kier alpha value is -1.84. The van der Waals surface area contributed by atoms with Crippen LogP contribution in [0.4, 0.5) is 27.6 Å². The summed E-state index contributed by atoms with van der Waals surface area (Å²) < 4.78 is 64.1. The topological polar surface area (TPSA) is 49.3 Å². The predicted molar refractivity (Wildman–Crippen MR) is 87.2 cm³/mol. The van der Waals surface area contributed by atoms with Gasteiger partial charge in [0.25, 0.3) is 5.91 Å². The number of anilines is 1. The number of halogens is 6. The van der Waals surface area contributed by atoms with Crippen LogP contribution in [0.25, 0.3) is 0 Å². The second-order valence-electron chi connectivity index (χ2n) is 5.34. The molecule has 0 aliphatic carbocycles. The number of nitrogens with one attached hydrogen (secondary N) is 1. The Bertz CT molecular complexity index is 842. The molecule has 2 N–H and O–H groups in total. The van der Waals surface area contributed by atoms with E-state index in [9.17, 15) is 31.9 Å². The van der Waals surface area contributed by atoms with Gasteiger partial charge in [-0.2, -0.15) is 13.2 Å². The van der Waals surface area contributed by atoms with Crippen molar-refractivity contribution >= 4 is 35.0 Å². The zero-order chi connectivity index (χ0) is 19.7. The molecule has 1 amide bonds. The fraction of sp³-hybridized carbons (Fsp3) is 0.188. The van der Waals surface area contributed by atoms with Gasteiger partial charge in [0.15, 0.2) is 11.6 Å². The van der Waals surface area contributed by atoms with Crippen molar-refractivity contribution in [2.24, 2.45) is 0 Å². The zero-order valence-electron chi connectivity index (χ0n) is 13.0. The van der Waals surface area contributed by atoms with E-state index in [0.29, 0.717) is 16.7 Å². The monoisotopic (exact) mass is 411 g/mol. The van der Waals surface area contributed by atoms with E-state index in [2.05, 4.69) is 0 Å². The highest BCUT2D eigenvalue weighted by molar-refractivity contribution is 7.99. The van der Waals surface area contributed by atoms with Crippen LogP contribution in [0.15, 0.2) is 46.2 Å².